The monoisotopic (exact) mass is 526 g/mol. The minimum absolute atomic E-state index is 0.155. The SMILES string of the molecule is CCN1C(=O)N(c2cc(NC(=O)c3cccc(C(F)(F)F)c3)cc(OC)c2)Cc2cnc(NC3CC3)nc21. The molecule has 0 radical (unpaired) electrons. The van der Waals surface area contributed by atoms with Crippen LogP contribution in [-0.4, -0.2) is 41.6 Å². The average molecular weight is 527 g/mol. The number of anilines is 4. The standard InChI is InChI=1S/C26H25F3N6O3/c1-3-34-22-16(13-30-24(33-22)32-18-7-8-18)14-35(25(34)37)20-10-19(11-21(12-20)38-2)31-23(36)15-5-4-6-17(9-15)26(27,28)29/h4-6,9-13,18H,3,7-8,14H2,1-2H3,(H,31,36)(H,30,32,33). The lowest BCUT2D eigenvalue weighted by Gasteiger charge is -2.35. The van der Waals surface area contributed by atoms with E-state index >= 15 is 0 Å². The summed E-state index contributed by atoms with van der Waals surface area (Å²) in [7, 11) is 1.44. The Labute approximate surface area is 216 Å². The predicted molar refractivity (Wildman–Crippen MR) is 136 cm³/mol. The first-order valence-electron chi connectivity index (χ1n) is 12.1. The van der Waals surface area contributed by atoms with Crippen LogP contribution in [0.3, 0.4) is 0 Å². The highest BCUT2D eigenvalue weighted by Crippen LogP contribution is 2.35. The summed E-state index contributed by atoms with van der Waals surface area (Å²) in [6.45, 7) is 2.39. The van der Waals surface area contributed by atoms with Gasteiger partial charge in [-0.3, -0.25) is 14.6 Å². The van der Waals surface area contributed by atoms with Gasteiger partial charge in [-0.2, -0.15) is 18.2 Å². The third-order valence-corrected chi connectivity index (χ3v) is 6.26. The lowest BCUT2D eigenvalue weighted by atomic mass is 10.1. The fourth-order valence-corrected chi connectivity index (χ4v) is 4.15. The lowest BCUT2D eigenvalue weighted by Crippen LogP contribution is -2.48. The number of rotatable bonds is 7. The summed E-state index contributed by atoms with van der Waals surface area (Å²) in [6.07, 6.45) is -0.764. The molecule has 3 aromatic rings. The number of carbonyl (C=O) groups excluding carboxylic acids is 2. The van der Waals surface area contributed by atoms with Gasteiger partial charge in [0.05, 0.1) is 24.9 Å². The summed E-state index contributed by atoms with van der Waals surface area (Å²) in [5, 5.41) is 5.85. The van der Waals surface area contributed by atoms with E-state index in [0.29, 0.717) is 35.8 Å². The van der Waals surface area contributed by atoms with Gasteiger partial charge in [-0.25, -0.2) is 9.78 Å². The van der Waals surface area contributed by atoms with Crippen LogP contribution in [0.1, 0.15) is 41.3 Å². The maximum atomic E-state index is 13.5. The maximum absolute atomic E-state index is 13.5. The van der Waals surface area contributed by atoms with Crippen molar-refractivity contribution in [3.05, 3.63) is 65.4 Å². The molecule has 38 heavy (non-hydrogen) atoms. The number of hydrogen-bond acceptors (Lipinski definition) is 6. The number of aromatic nitrogens is 2. The molecule has 0 bridgehead atoms. The van der Waals surface area contributed by atoms with Crippen LogP contribution in [-0.2, 0) is 12.7 Å². The van der Waals surface area contributed by atoms with E-state index in [4.69, 9.17) is 4.74 Å². The molecule has 2 aliphatic rings. The van der Waals surface area contributed by atoms with Gasteiger partial charge in [-0.05, 0) is 44.0 Å². The smallest absolute Gasteiger partial charge is 0.416 e. The number of ether oxygens (including phenoxy) is 1. The summed E-state index contributed by atoms with van der Waals surface area (Å²) in [4.78, 5) is 38.3. The summed E-state index contributed by atoms with van der Waals surface area (Å²) < 4.78 is 44.7. The highest BCUT2D eigenvalue weighted by atomic mass is 19.4. The van der Waals surface area contributed by atoms with Gasteiger partial charge >= 0.3 is 12.2 Å². The van der Waals surface area contributed by atoms with Crippen molar-refractivity contribution in [2.24, 2.45) is 0 Å². The van der Waals surface area contributed by atoms with Crippen LogP contribution in [0, 0.1) is 0 Å². The van der Waals surface area contributed by atoms with Crippen molar-refractivity contribution in [1.82, 2.24) is 9.97 Å². The molecule has 2 aromatic carbocycles. The third kappa shape index (κ3) is 5.20. The summed E-state index contributed by atoms with van der Waals surface area (Å²) in [5.41, 5.74) is 0.343. The second-order valence-electron chi connectivity index (χ2n) is 9.03. The number of urea groups is 1. The highest BCUT2D eigenvalue weighted by molar-refractivity contribution is 6.07. The molecular weight excluding hydrogens is 501 g/mol. The van der Waals surface area contributed by atoms with E-state index in [0.717, 1.165) is 30.5 Å². The molecule has 1 aliphatic carbocycles. The second kappa shape index (κ2) is 9.84. The molecule has 2 heterocycles. The number of nitrogens with zero attached hydrogens (tertiary/aromatic N) is 4. The van der Waals surface area contributed by atoms with Crippen LogP contribution in [0.15, 0.2) is 48.7 Å². The molecule has 12 heteroatoms. The second-order valence-corrected chi connectivity index (χ2v) is 9.03. The molecule has 2 N–H and O–H groups in total. The van der Waals surface area contributed by atoms with Crippen LogP contribution in [0.25, 0.3) is 0 Å². The van der Waals surface area contributed by atoms with E-state index in [-0.39, 0.29) is 23.8 Å². The topological polar surface area (TPSA) is 99.7 Å². The molecule has 1 saturated carbocycles. The van der Waals surface area contributed by atoms with Crippen molar-refractivity contribution in [3.8, 4) is 5.75 Å². The number of amides is 3. The van der Waals surface area contributed by atoms with Gasteiger partial charge in [0.1, 0.15) is 11.6 Å². The number of nitrogens with one attached hydrogen (secondary N) is 2. The van der Waals surface area contributed by atoms with Crippen LogP contribution in [0.2, 0.25) is 0 Å². The molecule has 0 unspecified atom stereocenters. The van der Waals surface area contributed by atoms with Gasteiger partial charge in [-0.15, -0.1) is 0 Å². The number of hydrogen-bond donors (Lipinski definition) is 2. The molecule has 3 amide bonds. The van der Waals surface area contributed by atoms with E-state index in [1.165, 1.54) is 30.2 Å². The Balaban J connectivity index is 1.43. The van der Waals surface area contributed by atoms with Gasteiger partial charge in [0.25, 0.3) is 5.91 Å². The van der Waals surface area contributed by atoms with Crippen molar-refractivity contribution in [3.63, 3.8) is 0 Å². The van der Waals surface area contributed by atoms with E-state index in [9.17, 15) is 22.8 Å². The lowest BCUT2D eigenvalue weighted by molar-refractivity contribution is -0.137. The minimum Gasteiger partial charge on any atom is -0.497 e. The summed E-state index contributed by atoms with van der Waals surface area (Å²) >= 11 is 0. The quantitative estimate of drug-likeness (QED) is 0.434. The number of benzene rings is 2. The fraction of sp³-hybridized carbons (Fsp3) is 0.308. The van der Waals surface area contributed by atoms with Crippen molar-refractivity contribution in [2.75, 3.05) is 34.1 Å². The van der Waals surface area contributed by atoms with Crippen molar-refractivity contribution < 1.29 is 27.5 Å². The van der Waals surface area contributed by atoms with Gasteiger partial charge < -0.3 is 15.4 Å². The van der Waals surface area contributed by atoms with Gasteiger partial charge in [0.2, 0.25) is 5.95 Å². The molecule has 0 atom stereocenters. The van der Waals surface area contributed by atoms with Crippen molar-refractivity contribution in [2.45, 2.75) is 38.5 Å². The number of methoxy groups -OCH3 is 1. The van der Waals surface area contributed by atoms with E-state index < -0.39 is 17.6 Å². The Morgan fingerprint density at radius 1 is 1.18 bits per heavy atom. The molecule has 198 valence electrons. The zero-order valence-corrected chi connectivity index (χ0v) is 20.7. The van der Waals surface area contributed by atoms with Crippen LogP contribution >= 0.6 is 0 Å². The zero-order valence-electron chi connectivity index (χ0n) is 20.7. The van der Waals surface area contributed by atoms with Crippen LogP contribution in [0.4, 0.5) is 41.1 Å². The van der Waals surface area contributed by atoms with Gasteiger partial charge in [0.15, 0.2) is 0 Å². The zero-order chi connectivity index (χ0) is 27.0. The van der Waals surface area contributed by atoms with Crippen LogP contribution < -0.4 is 25.2 Å². The first-order valence-corrected chi connectivity index (χ1v) is 12.1. The first-order chi connectivity index (χ1) is 18.2. The Kier molecular flexibility index (Phi) is 6.55. The number of carbonyl (C=O) groups is 2. The maximum Gasteiger partial charge on any atom is 0.416 e. The van der Waals surface area contributed by atoms with Crippen molar-refractivity contribution >= 4 is 35.1 Å². The molecule has 5 rings (SSSR count). The largest absolute Gasteiger partial charge is 0.497 e. The molecule has 0 spiro atoms. The Morgan fingerprint density at radius 3 is 2.66 bits per heavy atom. The Morgan fingerprint density at radius 2 is 1.97 bits per heavy atom. The normalized spacial score (nSPS) is 15.2. The number of halogens is 3. The first kappa shape index (κ1) is 25.3. The van der Waals surface area contributed by atoms with Gasteiger partial charge in [0, 0.05) is 47.7 Å². The number of fused-ring (bicyclic) bond motifs is 1. The van der Waals surface area contributed by atoms with E-state index in [2.05, 4.69) is 20.6 Å². The predicted octanol–water partition coefficient (Wildman–Crippen LogP) is 5.30. The van der Waals surface area contributed by atoms with E-state index in [1.807, 2.05) is 6.92 Å². The molecule has 9 nitrogen and oxygen atoms in total. The Hall–Kier alpha value is -4.35. The van der Waals surface area contributed by atoms with Gasteiger partial charge in [-0.1, -0.05) is 6.07 Å². The third-order valence-electron chi connectivity index (χ3n) is 6.26. The molecule has 1 fully saturated rings. The molecule has 0 saturated heterocycles. The van der Waals surface area contributed by atoms with Crippen LogP contribution in [0.5, 0.6) is 5.75 Å². The van der Waals surface area contributed by atoms with Crippen molar-refractivity contribution in [1.29, 1.82) is 0 Å². The number of alkyl halides is 3. The highest BCUT2D eigenvalue weighted by Gasteiger charge is 2.34. The average Bonchev–Trinajstić information content (AvgIpc) is 3.71. The molecule has 1 aromatic heterocycles. The summed E-state index contributed by atoms with van der Waals surface area (Å²) in [5.74, 6) is 0.633. The molecule has 1 aliphatic heterocycles. The summed E-state index contributed by atoms with van der Waals surface area (Å²) in [6, 6.07) is 8.91. The molecular formula is C26H25F3N6O3. The Bertz CT molecular complexity index is 1390. The van der Waals surface area contributed by atoms with E-state index in [1.54, 1.807) is 23.2 Å². The fourth-order valence-electron chi connectivity index (χ4n) is 4.15. The minimum atomic E-state index is -4.58.